The van der Waals surface area contributed by atoms with Crippen LogP contribution in [0.3, 0.4) is 0 Å². The largest absolute Gasteiger partial charge is 0.382 e. The van der Waals surface area contributed by atoms with Gasteiger partial charge in [-0.1, -0.05) is 0 Å². The van der Waals surface area contributed by atoms with Crippen molar-refractivity contribution >= 4 is 22.5 Å². The SMILES string of the molecule is Nc1nccc2c1nc1cnccn12. The van der Waals surface area contributed by atoms with Gasteiger partial charge in [0.25, 0.3) is 0 Å². The lowest BCUT2D eigenvalue weighted by Crippen LogP contribution is -1.90. The first-order valence-corrected chi connectivity index (χ1v) is 4.18. The van der Waals surface area contributed by atoms with E-state index in [0.717, 1.165) is 16.7 Å². The molecule has 68 valence electrons. The van der Waals surface area contributed by atoms with Gasteiger partial charge in [0.15, 0.2) is 11.5 Å². The highest BCUT2D eigenvalue weighted by Crippen LogP contribution is 2.18. The second-order valence-electron chi connectivity index (χ2n) is 2.98. The van der Waals surface area contributed by atoms with E-state index in [-0.39, 0.29) is 0 Å². The molecule has 3 rings (SSSR count). The minimum absolute atomic E-state index is 0.450. The molecule has 0 spiro atoms. The Balaban J connectivity index is 2.63. The molecular weight excluding hydrogens is 178 g/mol. The third kappa shape index (κ3) is 0.806. The van der Waals surface area contributed by atoms with Crippen molar-refractivity contribution in [3.8, 4) is 0 Å². The van der Waals surface area contributed by atoms with Gasteiger partial charge in [0.2, 0.25) is 0 Å². The second-order valence-corrected chi connectivity index (χ2v) is 2.98. The summed E-state index contributed by atoms with van der Waals surface area (Å²) in [5.74, 6) is 0.450. The average Bonchev–Trinajstić information content (AvgIpc) is 2.59. The molecule has 0 amide bonds. The number of hydrogen-bond donors (Lipinski definition) is 1. The van der Waals surface area contributed by atoms with Gasteiger partial charge in [0.1, 0.15) is 5.52 Å². The first-order chi connectivity index (χ1) is 6.86. The van der Waals surface area contributed by atoms with Crippen LogP contribution >= 0.6 is 0 Å². The topological polar surface area (TPSA) is 69.1 Å². The summed E-state index contributed by atoms with van der Waals surface area (Å²) in [6.07, 6.45) is 6.93. The summed E-state index contributed by atoms with van der Waals surface area (Å²) in [5.41, 5.74) is 8.17. The number of rotatable bonds is 0. The summed E-state index contributed by atoms with van der Waals surface area (Å²) >= 11 is 0. The maximum atomic E-state index is 5.71. The number of imidazole rings is 1. The molecule has 2 N–H and O–H groups in total. The van der Waals surface area contributed by atoms with E-state index < -0.39 is 0 Å². The van der Waals surface area contributed by atoms with Gasteiger partial charge in [-0.15, -0.1) is 0 Å². The van der Waals surface area contributed by atoms with E-state index in [1.54, 1.807) is 18.6 Å². The van der Waals surface area contributed by atoms with E-state index in [9.17, 15) is 0 Å². The molecule has 0 atom stereocenters. The molecule has 0 saturated carbocycles. The number of anilines is 1. The number of fused-ring (bicyclic) bond motifs is 3. The zero-order valence-electron chi connectivity index (χ0n) is 7.25. The van der Waals surface area contributed by atoms with Crippen LogP contribution in [0, 0.1) is 0 Å². The fourth-order valence-electron chi connectivity index (χ4n) is 1.52. The Morgan fingerprint density at radius 1 is 1.29 bits per heavy atom. The summed E-state index contributed by atoms with van der Waals surface area (Å²) in [6, 6.07) is 1.88. The summed E-state index contributed by atoms with van der Waals surface area (Å²) in [7, 11) is 0. The van der Waals surface area contributed by atoms with Crippen molar-refractivity contribution in [3.05, 3.63) is 30.9 Å². The number of nitrogens with two attached hydrogens (primary N) is 1. The molecule has 0 aliphatic rings. The Morgan fingerprint density at radius 2 is 2.21 bits per heavy atom. The van der Waals surface area contributed by atoms with Gasteiger partial charge in [-0.25, -0.2) is 9.97 Å². The zero-order chi connectivity index (χ0) is 9.54. The normalized spacial score (nSPS) is 11.1. The van der Waals surface area contributed by atoms with Crippen molar-refractivity contribution in [2.24, 2.45) is 0 Å². The van der Waals surface area contributed by atoms with Crippen LogP contribution in [-0.2, 0) is 0 Å². The van der Waals surface area contributed by atoms with Gasteiger partial charge in [0.05, 0.1) is 11.7 Å². The first kappa shape index (κ1) is 7.25. The lowest BCUT2D eigenvalue weighted by atomic mass is 10.4. The summed E-state index contributed by atoms with van der Waals surface area (Å²) in [5, 5.41) is 0. The van der Waals surface area contributed by atoms with Gasteiger partial charge >= 0.3 is 0 Å². The number of nitrogens with zero attached hydrogens (tertiary/aromatic N) is 4. The molecule has 0 saturated heterocycles. The van der Waals surface area contributed by atoms with Crippen molar-refractivity contribution < 1.29 is 0 Å². The molecular formula is C9H7N5. The third-order valence-electron chi connectivity index (χ3n) is 2.16. The predicted molar refractivity (Wildman–Crippen MR) is 52.7 cm³/mol. The van der Waals surface area contributed by atoms with Crippen molar-refractivity contribution in [1.29, 1.82) is 0 Å². The quantitative estimate of drug-likeness (QED) is 0.564. The Bertz CT molecular complexity index is 613. The third-order valence-corrected chi connectivity index (χ3v) is 2.16. The van der Waals surface area contributed by atoms with E-state index in [0.29, 0.717) is 5.82 Å². The molecule has 3 heterocycles. The highest BCUT2D eigenvalue weighted by molar-refractivity contribution is 5.87. The minimum atomic E-state index is 0.450. The molecule has 0 aliphatic heterocycles. The van der Waals surface area contributed by atoms with E-state index in [4.69, 9.17) is 5.73 Å². The highest BCUT2D eigenvalue weighted by atomic mass is 15.0. The van der Waals surface area contributed by atoms with Crippen LogP contribution < -0.4 is 5.73 Å². The number of nitrogen functional groups attached to an aromatic ring is 1. The maximum Gasteiger partial charge on any atom is 0.156 e. The molecule has 3 aromatic heterocycles. The average molecular weight is 185 g/mol. The smallest absolute Gasteiger partial charge is 0.156 e. The molecule has 0 aliphatic carbocycles. The van der Waals surface area contributed by atoms with E-state index >= 15 is 0 Å². The lowest BCUT2D eigenvalue weighted by molar-refractivity contribution is 1.15. The molecule has 5 nitrogen and oxygen atoms in total. The molecule has 5 heteroatoms. The highest BCUT2D eigenvalue weighted by Gasteiger charge is 2.06. The molecule has 0 radical (unpaired) electrons. The lowest BCUT2D eigenvalue weighted by Gasteiger charge is -1.93. The van der Waals surface area contributed by atoms with Crippen molar-refractivity contribution in [2.75, 3.05) is 5.73 Å². The molecule has 3 aromatic rings. The zero-order valence-corrected chi connectivity index (χ0v) is 7.25. The summed E-state index contributed by atoms with van der Waals surface area (Å²) in [4.78, 5) is 12.3. The van der Waals surface area contributed by atoms with Gasteiger partial charge in [0, 0.05) is 18.6 Å². The van der Waals surface area contributed by atoms with Crippen LogP contribution in [0.1, 0.15) is 0 Å². The fourth-order valence-corrected chi connectivity index (χ4v) is 1.52. The van der Waals surface area contributed by atoms with Gasteiger partial charge in [-0.2, -0.15) is 0 Å². The van der Waals surface area contributed by atoms with E-state index in [2.05, 4.69) is 15.0 Å². The Labute approximate surface area is 79.2 Å². The monoisotopic (exact) mass is 185 g/mol. The van der Waals surface area contributed by atoms with Crippen molar-refractivity contribution in [3.63, 3.8) is 0 Å². The van der Waals surface area contributed by atoms with Crippen LogP contribution in [-0.4, -0.2) is 19.4 Å². The molecule has 0 aromatic carbocycles. The maximum absolute atomic E-state index is 5.71. The summed E-state index contributed by atoms with van der Waals surface area (Å²) < 4.78 is 1.93. The Kier molecular flexibility index (Phi) is 1.25. The van der Waals surface area contributed by atoms with Crippen LogP contribution in [0.4, 0.5) is 5.82 Å². The van der Waals surface area contributed by atoms with E-state index in [1.165, 1.54) is 0 Å². The van der Waals surface area contributed by atoms with Gasteiger partial charge in [-0.3, -0.25) is 9.38 Å². The van der Waals surface area contributed by atoms with Crippen LogP contribution in [0.15, 0.2) is 30.9 Å². The van der Waals surface area contributed by atoms with Crippen LogP contribution in [0.5, 0.6) is 0 Å². The Morgan fingerprint density at radius 3 is 3.14 bits per heavy atom. The van der Waals surface area contributed by atoms with Gasteiger partial charge < -0.3 is 5.73 Å². The predicted octanol–water partition coefficient (Wildman–Crippen LogP) is 0.860. The van der Waals surface area contributed by atoms with Crippen molar-refractivity contribution in [1.82, 2.24) is 19.4 Å². The number of pyridine rings is 1. The standard InChI is InChI=1S/C9H7N5/c10-9-8-6(1-2-12-9)14-4-3-11-5-7(14)13-8/h1-5H,(H2,10,12). The van der Waals surface area contributed by atoms with Crippen LogP contribution in [0.25, 0.3) is 16.7 Å². The molecule has 0 fully saturated rings. The fraction of sp³-hybridized carbons (Fsp3) is 0. The number of hydrogen-bond acceptors (Lipinski definition) is 4. The van der Waals surface area contributed by atoms with Gasteiger partial charge in [-0.05, 0) is 6.07 Å². The first-order valence-electron chi connectivity index (χ1n) is 4.18. The van der Waals surface area contributed by atoms with E-state index in [1.807, 2.05) is 16.7 Å². The summed E-state index contributed by atoms with van der Waals surface area (Å²) in [6.45, 7) is 0. The molecule has 0 unspecified atom stereocenters. The minimum Gasteiger partial charge on any atom is -0.382 e. The number of aromatic nitrogens is 4. The van der Waals surface area contributed by atoms with Crippen LogP contribution in [0.2, 0.25) is 0 Å². The van der Waals surface area contributed by atoms with Crippen molar-refractivity contribution in [2.45, 2.75) is 0 Å². The molecule has 0 bridgehead atoms. The molecule has 14 heavy (non-hydrogen) atoms. The Hall–Kier alpha value is -2.17. The second kappa shape index (κ2) is 2.41.